The van der Waals surface area contributed by atoms with E-state index in [0.29, 0.717) is 11.5 Å². The average molecular weight is 272 g/mol. The molecule has 0 spiro atoms. The van der Waals surface area contributed by atoms with Crippen molar-refractivity contribution in [2.24, 2.45) is 0 Å². The number of halogens is 1. The normalized spacial score (nSPS) is 15.9. The van der Waals surface area contributed by atoms with Crippen LogP contribution in [-0.2, 0) is 0 Å². The van der Waals surface area contributed by atoms with E-state index in [9.17, 15) is 9.50 Å². The van der Waals surface area contributed by atoms with Gasteiger partial charge in [-0.2, -0.15) is 0 Å². The molecule has 3 heteroatoms. The minimum Gasteiger partial charge on any atom is -0.494 e. The third-order valence-corrected chi connectivity index (χ3v) is 3.81. The summed E-state index contributed by atoms with van der Waals surface area (Å²) in [6.45, 7) is 0. The fraction of sp³-hybridized carbons (Fsp3) is 0.294. The van der Waals surface area contributed by atoms with E-state index in [2.05, 4.69) is 0 Å². The summed E-state index contributed by atoms with van der Waals surface area (Å²) in [6.07, 6.45) is 1.51. The second-order valence-corrected chi connectivity index (χ2v) is 5.21. The quantitative estimate of drug-likeness (QED) is 0.917. The van der Waals surface area contributed by atoms with E-state index >= 15 is 0 Å². The highest BCUT2D eigenvalue weighted by atomic mass is 19.1. The van der Waals surface area contributed by atoms with Crippen LogP contribution in [-0.4, -0.2) is 12.2 Å². The first-order valence-corrected chi connectivity index (χ1v) is 6.81. The lowest BCUT2D eigenvalue weighted by Crippen LogP contribution is -2.04. The third kappa shape index (κ3) is 2.41. The number of ether oxygens (including phenoxy) is 1. The Labute approximate surface area is 117 Å². The van der Waals surface area contributed by atoms with Gasteiger partial charge in [0.05, 0.1) is 7.11 Å². The Morgan fingerprint density at radius 2 is 1.85 bits per heavy atom. The zero-order valence-corrected chi connectivity index (χ0v) is 11.3. The van der Waals surface area contributed by atoms with Gasteiger partial charge in [0, 0.05) is 5.56 Å². The van der Waals surface area contributed by atoms with Crippen LogP contribution in [0, 0.1) is 5.82 Å². The summed E-state index contributed by atoms with van der Waals surface area (Å²) in [6, 6.07) is 12.6. The minimum absolute atomic E-state index is 0.149. The van der Waals surface area contributed by atoms with E-state index in [1.807, 2.05) is 24.3 Å². The summed E-state index contributed by atoms with van der Waals surface area (Å²) < 4.78 is 19.1. The van der Waals surface area contributed by atoms with Crippen molar-refractivity contribution in [2.75, 3.05) is 7.11 Å². The molecule has 104 valence electrons. The number of aliphatic hydroxyl groups is 1. The van der Waals surface area contributed by atoms with Crippen LogP contribution in [0.25, 0.3) is 0 Å². The smallest absolute Gasteiger partial charge is 0.171 e. The van der Waals surface area contributed by atoms with Crippen molar-refractivity contribution < 1.29 is 14.2 Å². The van der Waals surface area contributed by atoms with E-state index in [4.69, 9.17) is 4.74 Å². The molecule has 1 aliphatic rings. The Kier molecular flexibility index (Phi) is 3.45. The van der Waals surface area contributed by atoms with E-state index in [1.165, 1.54) is 25.5 Å². The molecule has 1 atom stereocenters. The van der Waals surface area contributed by atoms with Gasteiger partial charge in [-0.3, -0.25) is 0 Å². The van der Waals surface area contributed by atoms with Gasteiger partial charge in [0.2, 0.25) is 0 Å². The van der Waals surface area contributed by atoms with Gasteiger partial charge in [0.15, 0.2) is 11.6 Å². The predicted octanol–water partition coefficient (Wildman–Crippen LogP) is 3.79. The van der Waals surface area contributed by atoms with Crippen molar-refractivity contribution in [1.82, 2.24) is 0 Å². The standard InChI is InChI=1S/C17H17FO2/c1-20-15-4-2-3-14(16(15)18)17(19)13-9-7-12(8-10-13)11-5-6-11/h2-4,7-11,17,19H,5-6H2,1H3. The molecule has 0 aliphatic heterocycles. The molecule has 0 saturated heterocycles. The highest BCUT2D eigenvalue weighted by Gasteiger charge is 2.24. The molecule has 0 bridgehead atoms. The van der Waals surface area contributed by atoms with Crippen molar-refractivity contribution in [3.8, 4) is 5.75 Å². The second kappa shape index (κ2) is 5.25. The van der Waals surface area contributed by atoms with Crippen LogP contribution in [0.1, 0.15) is 41.6 Å². The number of rotatable bonds is 4. The van der Waals surface area contributed by atoms with Crippen LogP contribution >= 0.6 is 0 Å². The van der Waals surface area contributed by atoms with Gasteiger partial charge in [-0.1, -0.05) is 36.4 Å². The molecular formula is C17H17FO2. The van der Waals surface area contributed by atoms with Crippen molar-refractivity contribution in [1.29, 1.82) is 0 Å². The van der Waals surface area contributed by atoms with Crippen LogP contribution in [0.2, 0.25) is 0 Å². The summed E-state index contributed by atoms with van der Waals surface area (Å²) >= 11 is 0. The summed E-state index contributed by atoms with van der Waals surface area (Å²) in [7, 11) is 1.42. The zero-order valence-electron chi connectivity index (χ0n) is 11.3. The van der Waals surface area contributed by atoms with E-state index in [-0.39, 0.29) is 11.3 Å². The molecule has 1 fully saturated rings. The largest absolute Gasteiger partial charge is 0.494 e. The minimum atomic E-state index is -0.974. The summed E-state index contributed by atoms with van der Waals surface area (Å²) in [5.41, 5.74) is 2.23. The van der Waals surface area contributed by atoms with Crippen molar-refractivity contribution in [3.05, 3.63) is 65.0 Å². The number of hydrogen-bond acceptors (Lipinski definition) is 2. The van der Waals surface area contributed by atoms with Crippen molar-refractivity contribution in [3.63, 3.8) is 0 Å². The summed E-state index contributed by atoms with van der Waals surface area (Å²) in [5.74, 6) is 0.319. The van der Waals surface area contributed by atoms with E-state index in [0.717, 1.165) is 0 Å². The maximum absolute atomic E-state index is 14.1. The van der Waals surface area contributed by atoms with Gasteiger partial charge >= 0.3 is 0 Å². The Hall–Kier alpha value is -1.87. The first-order valence-electron chi connectivity index (χ1n) is 6.81. The summed E-state index contributed by atoms with van der Waals surface area (Å²) in [4.78, 5) is 0. The van der Waals surface area contributed by atoms with Crippen LogP contribution < -0.4 is 4.74 Å². The molecule has 0 aromatic heterocycles. The lowest BCUT2D eigenvalue weighted by Gasteiger charge is -2.14. The molecule has 0 radical (unpaired) electrons. The molecule has 1 unspecified atom stereocenters. The molecular weight excluding hydrogens is 255 g/mol. The lowest BCUT2D eigenvalue weighted by molar-refractivity contribution is 0.213. The van der Waals surface area contributed by atoms with Gasteiger partial charge in [-0.25, -0.2) is 4.39 Å². The third-order valence-electron chi connectivity index (χ3n) is 3.81. The highest BCUT2D eigenvalue weighted by Crippen LogP contribution is 2.40. The number of methoxy groups -OCH3 is 1. The number of benzene rings is 2. The molecule has 3 rings (SSSR count). The molecule has 1 N–H and O–H groups in total. The van der Waals surface area contributed by atoms with Crippen molar-refractivity contribution in [2.45, 2.75) is 24.9 Å². The van der Waals surface area contributed by atoms with Gasteiger partial charge in [0.25, 0.3) is 0 Å². The molecule has 0 amide bonds. The monoisotopic (exact) mass is 272 g/mol. The van der Waals surface area contributed by atoms with Gasteiger partial charge in [-0.15, -0.1) is 0 Å². The molecule has 2 nitrogen and oxygen atoms in total. The van der Waals surface area contributed by atoms with Gasteiger partial charge in [0.1, 0.15) is 6.10 Å². The fourth-order valence-electron chi connectivity index (χ4n) is 2.44. The van der Waals surface area contributed by atoms with Crippen molar-refractivity contribution >= 4 is 0 Å². The lowest BCUT2D eigenvalue weighted by atomic mass is 9.99. The van der Waals surface area contributed by atoms with Crippen LogP contribution in [0.3, 0.4) is 0 Å². The van der Waals surface area contributed by atoms with Crippen LogP contribution in [0.15, 0.2) is 42.5 Å². The molecule has 1 saturated carbocycles. The first-order chi connectivity index (χ1) is 9.70. The Bertz CT molecular complexity index is 603. The predicted molar refractivity (Wildman–Crippen MR) is 75.4 cm³/mol. The summed E-state index contributed by atoms with van der Waals surface area (Å²) in [5, 5.41) is 10.3. The highest BCUT2D eigenvalue weighted by molar-refractivity contribution is 5.38. The number of aliphatic hydroxyl groups excluding tert-OH is 1. The SMILES string of the molecule is COc1cccc(C(O)c2ccc(C3CC3)cc2)c1F. The molecule has 0 heterocycles. The topological polar surface area (TPSA) is 29.5 Å². The maximum atomic E-state index is 14.1. The van der Waals surface area contributed by atoms with Crippen LogP contribution in [0.4, 0.5) is 4.39 Å². The van der Waals surface area contributed by atoms with E-state index in [1.54, 1.807) is 18.2 Å². The Morgan fingerprint density at radius 1 is 1.15 bits per heavy atom. The maximum Gasteiger partial charge on any atom is 0.171 e. The zero-order chi connectivity index (χ0) is 14.1. The van der Waals surface area contributed by atoms with Gasteiger partial charge in [-0.05, 0) is 36.0 Å². The van der Waals surface area contributed by atoms with Crippen LogP contribution in [0.5, 0.6) is 5.75 Å². The average Bonchev–Trinajstić information content (AvgIpc) is 3.32. The molecule has 1 aliphatic carbocycles. The fourth-order valence-corrected chi connectivity index (χ4v) is 2.44. The Morgan fingerprint density at radius 3 is 2.45 bits per heavy atom. The second-order valence-electron chi connectivity index (χ2n) is 5.21. The molecule has 2 aromatic rings. The van der Waals surface area contributed by atoms with E-state index < -0.39 is 11.9 Å². The molecule has 2 aromatic carbocycles. The Balaban J connectivity index is 1.89. The molecule has 20 heavy (non-hydrogen) atoms. The number of hydrogen-bond donors (Lipinski definition) is 1. The first kappa shape index (κ1) is 13.1. The van der Waals surface area contributed by atoms with Gasteiger partial charge < -0.3 is 9.84 Å².